The van der Waals surface area contributed by atoms with E-state index in [1.807, 2.05) is 50.3 Å². The van der Waals surface area contributed by atoms with Crippen molar-refractivity contribution in [3.05, 3.63) is 47.7 Å². The van der Waals surface area contributed by atoms with Crippen molar-refractivity contribution in [1.29, 1.82) is 0 Å². The van der Waals surface area contributed by atoms with E-state index in [9.17, 15) is 4.79 Å². The Morgan fingerprint density at radius 1 is 1.31 bits per heavy atom. The molecule has 16 heavy (non-hydrogen) atoms. The number of nitrogens with one attached hydrogen (secondary N) is 1. The maximum atomic E-state index is 11.5. The lowest BCUT2D eigenvalue weighted by Crippen LogP contribution is -2.13. The van der Waals surface area contributed by atoms with Crippen molar-refractivity contribution in [3.8, 4) is 0 Å². The zero-order valence-electron chi connectivity index (χ0n) is 9.44. The zero-order valence-corrected chi connectivity index (χ0v) is 9.44. The number of carbonyl (C=O) groups is 1. The summed E-state index contributed by atoms with van der Waals surface area (Å²) in [7, 11) is 0. The van der Waals surface area contributed by atoms with Gasteiger partial charge in [0, 0.05) is 5.56 Å². The van der Waals surface area contributed by atoms with Gasteiger partial charge in [-0.05, 0) is 5.92 Å². The molecule has 1 fully saturated rings. The largest absolute Gasteiger partial charge is 0.433 e. The number of allylic oxidation sites excluding steroid dienone is 1. The highest BCUT2D eigenvalue weighted by atomic mass is 16.6. The number of benzene rings is 1. The van der Waals surface area contributed by atoms with E-state index in [0.717, 1.165) is 5.56 Å². The summed E-state index contributed by atoms with van der Waals surface area (Å²) in [6, 6.07) is 9.65. The first kappa shape index (κ1) is 10.7. The molecule has 1 N–H and O–H groups in total. The Morgan fingerprint density at radius 3 is 2.62 bits per heavy atom. The molecule has 3 heteroatoms. The molecule has 0 radical (unpaired) electrons. The number of hydrogen-bond donors (Lipinski definition) is 1. The van der Waals surface area contributed by atoms with Gasteiger partial charge in [-0.25, -0.2) is 4.79 Å². The summed E-state index contributed by atoms with van der Waals surface area (Å²) in [5.74, 6) is 0.0483. The molecule has 3 nitrogen and oxygen atoms in total. The molecule has 1 aromatic rings. The van der Waals surface area contributed by atoms with E-state index in [-0.39, 0.29) is 12.2 Å². The van der Waals surface area contributed by atoms with Crippen LogP contribution < -0.4 is 5.32 Å². The van der Waals surface area contributed by atoms with Crippen LogP contribution in [-0.4, -0.2) is 5.97 Å². The van der Waals surface area contributed by atoms with E-state index in [2.05, 4.69) is 5.32 Å². The topological polar surface area (TPSA) is 38.3 Å². The Labute approximate surface area is 95.1 Å². The molecule has 0 saturated carbocycles. The lowest BCUT2D eigenvalue weighted by molar-refractivity contribution is -0.139. The fraction of sp³-hybridized carbons (Fsp3) is 0.308. The van der Waals surface area contributed by atoms with E-state index in [1.165, 1.54) is 0 Å². The van der Waals surface area contributed by atoms with Crippen LogP contribution in [0.25, 0.3) is 0 Å². The number of rotatable bonds is 2. The van der Waals surface area contributed by atoms with Crippen molar-refractivity contribution < 1.29 is 9.53 Å². The Bertz CT molecular complexity index is 409. The normalized spacial score (nSPS) is 22.3. The first-order valence-corrected chi connectivity index (χ1v) is 5.41. The van der Waals surface area contributed by atoms with Crippen LogP contribution in [0, 0.1) is 5.92 Å². The second-order valence-electron chi connectivity index (χ2n) is 4.16. The van der Waals surface area contributed by atoms with Crippen LogP contribution in [0.15, 0.2) is 42.1 Å². The predicted molar refractivity (Wildman–Crippen MR) is 61.3 cm³/mol. The summed E-state index contributed by atoms with van der Waals surface area (Å²) < 4.78 is 5.24. The zero-order chi connectivity index (χ0) is 11.5. The number of hydrogen-bond acceptors (Lipinski definition) is 3. The molecule has 1 aliphatic heterocycles. The Morgan fingerprint density at radius 2 is 2.00 bits per heavy atom. The number of esters is 1. The molecule has 2 rings (SSSR count). The van der Waals surface area contributed by atoms with Crippen molar-refractivity contribution in [2.24, 2.45) is 5.92 Å². The molecule has 0 bridgehead atoms. The average molecular weight is 217 g/mol. The molecular formula is C13H15NO2. The lowest BCUT2D eigenvalue weighted by atomic mass is 10.2. The quantitative estimate of drug-likeness (QED) is 0.610. The standard InChI is InChI=1S/C13H15NO2/c1-9(2)8-11-13(15)16-12(14-11)10-6-4-3-5-7-10/h3-9,12,14H,1-2H3/b11-8+/t12-/m1/s1. The molecule has 1 aliphatic rings. The highest BCUT2D eigenvalue weighted by molar-refractivity contribution is 5.89. The Kier molecular flexibility index (Phi) is 2.95. The molecule has 84 valence electrons. The average Bonchev–Trinajstić information content (AvgIpc) is 2.61. The molecule has 1 aromatic carbocycles. The van der Waals surface area contributed by atoms with E-state index >= 15 is 0 Å². The fourth-order valence-corrected chi connectivity index (χ4v) is 1.63. The Balaban J connectivity index is 2.16. The van der Waals surface area contributed by atoms with Crippen molar-refractivity contribution in [3.63, 3.8) is 0 Å². The minimum absolute atomic E-state index is 0.275. The summed E-state index contributed by atoms with van der Waals surface area (Å²) >= 11 is 0. The van der Waals surface area contributed by atoms with Gasteiger partial charge < -0.3 is 10.1 Å². The van der Waals surface area contributed by atoms with Crippen molar-refractivity contribution in [2.75, 3.05) is 0 Å². The van der Waals surface area contributed by atoms with Crippen LogP contribution in [0.5, 0.6) is 0 Å². The molecule has 1 saturated heterocycles. The van der Waals surface area contributed by atoms with Crippen molar-refractivity contribution in [1.82, 2.24) is 5.32 Å². The summed E-state index contributed by atoms with van der Waals surface area (Å²) in [6.45, 7) is 4.05. The van der Waals surface area contributed by atoms with Gasteiger partial charge in [-0.3, -0.25) is 0 Å². The van der Waals surface area contributed by atoms with Crippen LogP contribution in [0.4, 0.5) is 0 Å². The summed E-state index contributed by atoms with van der Waals surface area (Å²) in [5.41, 5.74) is 1.52. The van der Waals surface area contributed by atoms with E-state index < -0.39 is 0 Å². The first-order valence-electron chi connectivity index (χ1n) is 5.41. The van der Waals surface area contributed by atoms with Gasteiger partial charge in [0.25, 0.3) is 0 Å². The SMILES string of the molecule is CC(C)/C=C1/N[C@@H](c2ccccc2)OC1=O. The summed E-state index contributed by atoms with van der Waals surface area (Å²) in [4.78, 5) is 11.5. The van der Waals surface area contributed by atoms with E-state index in [0.29, 0.717) is 11.6 Å². The highest BCUT2D eigenvalue weighted by Crippen LogP contribution is 2.23. The van der Waals surface area contributed by atoms with Crippen LogP contribution >= 0.6 is 0 Å². The lowest BCUT2D eigenvalue weighted by Gasteiger charge is -2.08. The maximum Gasteiger partial charge on any atom is 0.356 e. The number of carbonyl (C=O) groups excluding carboxylic acids is 1. The van der Waals surface area contributed by atoms with E-state index in [4.69, 9.17) is 4.74 Å². The van der Waals surface area contributed by atoms with Crippen LogP contribution in [0.2, 0.25) is 0 Å². The monoisotopic (exact) mass is 217 g/mol. The van der Waals surface area contributed by atoms with Gasteiger partial charge in [0.15, 0.2) is 6.23 Å². The molecule has 0 aromatic heterocycles. The first-order chi connectivity index (χ1) is 7.66. The van der Waals surface area contributed by atoms with Crippen LogP contribution in [0.3, 0.4) is 0 Å². The molecule has 0 unspecified atom stereocenters. The predicted octanol–water partition coefficient (Wildman–Crippen LogP) is 2.37. The van der Waals surface area contributed by atoms with Gasteiger partial charge >= 0.3 is 5.97 Å². The fourth-order valence-electron chi connectivity index (χ4n) is 1.63. The molecule has 0 amide bonds. The highest BCUT2D eigenvalue weighted by Gasteiger charge is 2.28. The molecule has 0 spiro atoms. The third-order valence-electron chi connectivity index (χ3n) is 2.33. The van der Waals surface area contributed by atoms with Gasteiger partial charge in [-0.2, -0.15) is 0 Å². The smallest absolute Gasteiger partial charge is 0.356 e. The molecule has 0 aliphatic carbocycles. The second-order valence-corrected chi connectivity index (χ2v) is 4.16. The summed E-state index contributed by atoms with van der Waals surface area (Å²) in [6.07, 6.45) is 1.53. The van der Waals surface area contributed by atoms with Crippen molar-refractivity contribution in [2.45, 2.75) is 20.1 Å². The Hall–Kier alpha value is -1.77. The van der Waals surface area contributed by atoms with Gasteiger partial charge in [-0.1, -0.05) is 50.3 Å². The van der Waals surface area contributed by atoms with Gasteiger partial charge in [0.2, 0.25) is 0 Å². The van der Waals surface area contributed by atoms with Crippen LogP contribution in [0.1, 0.15) is 25.6 Å². The van der Waals surface area contributed by atoms with Gasteiger partial charge in [0.05, 0.1) is 0 Å². The van der Waals surface area contributed by atoms with Crippen molar-refractivity contribution >= 4 is 5.97 Å². The maximum absolute atomic E-state index is 11.5. The second kappa shape index (κ2) is 4.39. The van der Waals surface area contributed by atoms with E-state index in [1.54, 1.807) is 0 Å². The van der Waals surface area contributed by atoms with Gasteiger partial charge in [-0.15, -0.1) is 0 Å². The van der Waals surface area contributed by atoms with Gasteiger partial charge in [0.1, 0.15) is 5.70 Å². The third-order valence-corrected chi connectivity index (χ3v) is 2.33. The third kappa shape index (κ3) is 2.24. The number of cyclic esters (lactones) is 1. The van der Waals surface area contributed by atoms with Crippen LogP contribution in [-0.2, 0) is 9.53 Å². The minimum Gasteiger partial charge on any atom is -0.433 e. The minimum atomic E-state index is -0.348. The molecule has 1 heterocycles. The summed E-state index contributed by atoms with van der Waals surface area (Å²) in [5, 5.41) is 3.08. The molecular weight excluding hydrogens is 202 g/mol. The number of ether oxygens (including phenoxy) is 1. The molecule has 1 atom stereocenters.